The molecular formula is C10H9FN2O4. The summed E-state index contributed by atoms with van der Waals surface area (Å²) in [6.45, 7) is 3.31. The number of halogens is 1. The van der Waals surface area contributed by atoms with Crippen LogP contribution in [0.1, 0.15) is 10.5 Å². The van der Waals surface area contributed by atoms with Gasteiger partial charge in [0.25, 0.3) is 0 Å². The fourth-order valence-corrected chi connectivity index (χ4v) is 0.927. The van der Waals surface area contributed by atoms with E-state index >= 15 is 0 Å². The molecule has 2 N–H and O–H groups in total. The molecule has 0 atom stereocenters. The number of hydrogen-bond acceptors (Lipinski definition) is 4. The summed E-state index contributed by atoms with van der Waals surface area (Å²) in [5.74, 6) is -2.45. The molecule has 0 aromatic carbocycles. The molecule has 1 aromatic rings. The van der Waals surface area contributed by atoms with E-state index in [2.05, 4.69) is 21.6 Å². The molecular weight excluding hydrogens is 231 g/mol. The number of ether oxygens (including phenoxy) is 1. The highest BCUT2D eigenvalue weighted by Gasteiger charge is 2.12. The second-order valence-corrected chi connectivity index (χ2v) is 2.85. The van der Waals surface area contributed by atoms with Crippen LogP contribution in [0, 0.1) is 5.95 Å². The Bertz CT molecular complexity index is 462. The average molecular weight is 240 g/mol. The Kier molecular flexibility index (Phi) is 4.15. The summed E-state index contributed by atoms with van der Waals surface area (Å²) in [7, 11) is 0. The molecule has 7 heteroatoms. The van der Waals surface area contributed by atoms with Crippen molar-refractivity contribution in [1.29, 1.82) is 0 Å². The van der Waals surface area contributed by atoms with E-state index in [4.69, 9.17) is 5.11 Å². The number of carboxylic acid groups (broad SMARTS) is 1. The van der Waals surface area contributed by atoms with Gasteiger partial charge in [-0.25, -0.2) is 14.6 Å². The normalized spacial score (nSPS) is 9.47. The summed E-state index contributed by atoms with van der Waals surface area (Å²) in [6.07, 6.45) is 0.468. The maximum absolute atomic E-state index is 13.2. The predicted molar refractivity (Wildman–Crippen MR) is 56.3 cm³/mol. The van der Waals surface area contributed by atoms with Gasteiger partial charge in [0.1, 0.15) is 6.61 Å². The molecule has 0 fully saturated rings. The van der Waals surface area contributed by atoms with Gasteiger partial charge in [0, 0.05) is 0 Å². The minimum Gasteiger partial charge on any atom is -0.477 e. The Morgan fingerprint density at radius 2 is 2.29 bits per heavy atom. The summed E-state index contributed by atoms with van der Waals surface area (Å²) in [5, 5.41) is 10.6. The number of aromatic nitrogens is 1. The summed E-state index contributed by atoms with van der Waals surface area (Å²) >= 11 is 0. The quantitative estimate of drug-likeness (QED) is 0.617. The molecule has 1 rings (SSSR count). The number of hydrogen-bond donors (Lipinski definition) is 2. The summed E-state index contributed by atoms with van der Waals surface area (Å²) < 4.78 is 17.8. The number of amides is 1. The third-order valence-electron chi connectivity index (χ3n) is 1.64. The lowest BCUT2D eigenvalue weighted by atomic mass is 10.3. The monoisotopic (exact) mass is 240 g/mol. The van der Waals surface area contributed by atoms with Gasteiger partial charge in [-0.2, -0.15) is 4.39 Å². The second-order valence-electron chi connectivity index (χ2n) is 2.85. The van der Waals surface area contributed by atoms with Gasteiger partial charge in [0.2, 0.25) is 5.95 Å². The van der Waals surface area contributed by atoms with Gasteiger partial charge in [0.05, 0.1) is 5.69 Å². The van der Waals surface area contributed by atoms with E-state index in [9.17, 15) is 14.0 Å². The SMILES string of the molecule is C=CCOC(=O)Nc1ccc(C(=O)O)nc1F. The van der Waals surface area contributed by atoms with Crippen molar-refractivity contribution in [3.8, 4) is 0 Å². The molecule has 0 radical (unpaired) electrons. The molecule has 1 aromatic heterocycles. The number of nitrogens with one attached hydrogen (secondary N) is 1. The number of carbonyl (C=O) groups is 2. The number of nitrogens with zero attached hydrogens (tertiary/aromatic N) is 1. The number of pyridine rings is 1. The zero-order chi connectivity index (χ0) is 12.8. The molecule has 0 saturated carbocycles. The Labute approximate surface area is 95.7 Å². The molecule has 0 spiro atoms. The fourth-order valence-electron chi connectivity index (χ4n) is 0.927. The zero-order valence-corrected chi connectivity index (χ0v) is 8.64. The number of carboxylic acids is 1. The third-order valence-corrected chi connectivity index (χ3v) is 1.64. The zero-order valence-electron chi connectivity index (χ0n) is 8.64. The van der Waals surface area contributed by atoms with Gasteiger partial charge in [-0.1, -0.05) is 12.7 Å². The van der Waals surface area contributed by atoms with E-state index in [-0.39, 0.29) is 12.3 Å². The van der Waals surface area contributed by atoms with Crippen LogP contribution in [0.4, 0.5) is 14.9 Å². The molecule has 0 saturated heterocycles. The van der Waals surface area contributed by atoms with Crippen molar-refractivity contribution < 1.29 is 23.8 Å². The van der Waals surface area contributed by atoms with Gasteiger partial charge in [-0.3, -0.25) is 5.32 Å². The molecule has 0 aliphatic rings. The van der Waals surface area contributed by atoms with Crippen molar-refractivity contribution in [1.82, 2.24) is 4.98 Å². The van der Waals surface area contributed by atoms with E-state index in [1.807, 2.05) is 0 Å². The molecule has 0 aliphatic carbocycles. The first-order chi connectivity index (χ1) is 8.04. The van der Waals surface area contributed by atoms with E-state index in [0.29, 0.717) is 0 Å². The second kappa shape index (κ2) is 5.59. The van der Waals surface area contributed by atoms with Crippen molar-refractivity contribution in [3.05, 3.63) is 36.4 Å². The van der Waals surface area contributed by atoms with Gasteiger partial charge in [-0.05, 0) is 12.1 Å². The van der Waals surface area contributed by atoms with E-state index in [1.165, 1.54) is 6.08 Å². The lowest BCUT2D eigenvalue weighted by Crippen LogP contribution is -2.15. The van der Waals surface area contributed by atoms with E-state index in [0.717, 1.165) is 12.1 Å². The number of carbonyl (C=O) groups excluding carboxylic acids is 1. The summed E-state index contributed by atoms with van der Waals surface area (Å²) in [6, 6.07) is 2.15. The third kappa shape index (κ3) is 3.56. The Balaban J connectivity index is 2.75. The first-order valence-corrected chi connectivity index (χ1v) is 4.49. The highest BCUT2D eigenvalue weighted by atomic mass is 19.1. The summed E-state index contributed by atoms with van der Waals surface area (Å²) in [5.41, 5.74) is -0.712. The highest BCUT2D eigenvalue weighted by molar-refractivity contribution is 5.87. The van der Waals surface area contributed by atoms with Gasteiger partial charge >= 0.3 is 12.1 Å². The van der Waals surface area contributed by atoms with Gasteiger partial charge < -0.3 is 9.84 Å². The fraction of sp³-hybridized carbons (Fsp3) is 0.100. The molecule has 0 unspecified atom stereocenters. The first kappa shape index (κ1) is 12.6. The molecule has 0 bridgehead atoms. The van der Waals surface area contributed by atoms with Crippen molar-refractivity contribution >= 4 is 17.7 Å². The Morgan fingerprint density at radius 1 is 1.59 bits per heavy atom. The Hall–Kier alpha value is -2.44. The summed E-state index contributed by atoms with van der Waals surface area (Å²) in [4.78, 5) is 24.7. The van der Waals surface area contributed by atoms with Crippen LogP contribution in [-0.2, 0) is 4.74 Å². The molecule has 6 nitrogen and oxygen atoms in total. The standard InChI is InChI=1S/C10H9FN2O4/c1-2-5-17-10(16)13-6-3-4-7(9(14)15)12-8(6)11/h2-4H,1,5H2,(H,13,16)(H,14,15). The topological polar surface area (TPSA) is 88.5 Å². The van der Waals surface area contributed by atoms with Crippen LogP contribution >= 0.6 is 0 Å². The van der Waals surface area contributed by atoms with Crippen LogP contribution in [0.2, 0.25) is 0 Å². The molecule has 0 aliphatic heterocycles. The maximum Gasteiger partial charge on any atom is 0.412 e. The highest BCUT2D eigenvalue weighted by Crippen LogP contribution is 2.12. The van der Waals surface area contributed by atoms with E-state index < -0.39 is 23.7 Å². The lowest BCUT2D eigenvalue weighted by Gasteiger charge is -2.05. The molecule has 1 amide bonds. The van der Waals surface area contributed by atoms with Gasteiger partial charge in [0.15, 0.2) is 5.69 Å². The van der Waals surface area contributed by atoms with Crippen LogP contribution in [0.3, 0.4) is 0 Å². The first-order valence-electron chi connectivity index (χ1n) is 4.49. The molecule has 17 heavy (non-hydrogen) atoms. The minimum absolute atomic E-state index is 0.0198. The van der Waals surface area contributed by atoms with Crippen LogP contribution in [0.15, 0.2) is 24.8 Å². The van der Waals surface area contributed by atoms with Crippen LogP contribution in [-0.4, -0.2) is 28.8 Å². The lowest BCUT2D eigenvalue weighted by molar-refractivity contribution is 0.0689. The molecule has 1 heterocycles. The largest absolute Gasteiger partial charge is 0.477 e. The Morgan fingerprint density at radius 3 is 2.82 bits per heavy atom. The molecule has 90 valence electrons. The van der Waals surface area contributed by atoms with Crippen molar-refractivity contribution in [2.45, 2.75) is 0 Å². The maximum atomic E-state index is 13.2. The number of anilines is 1. The van der Waals surface area contributed by atoms with Crippen molar-refractivity contribution in [2.75, 3.05) is 11.9 Å². The average Bonchev–Trinajstić information content (AvgIpc) is 2.28. The predicted octanol–water partition coefficient (Wildman–Crippen LogP) is 1.65. The minimum atomic E-state index is -1.36. The smallest absolute Gasteiger partial charge is 0.412 e. The number of aromatic carboxylic acids is 1. The van der Waals surface area contributed by atoms with Crippen molar-refractivity contribution in [3.63, 3.8) is 0 Å². The van der Waals surface area contributed by atoms with Crippen molar-refractivity contribution in [2.24, 2.45) is 0 Å². The van der Waals surface area contributed by atoms with Crippen LogP contribution in [0.5, 0.6) is 0 Å². The van der Waals surface area contributed by atoms with Crippen LogP contribution in [0.25, 0.3) is 0 Å². The van der Waals surface area contributed by atoms with E-state index in [1.54, 1.807) is 0 Å². The van der Waals surface area contributed by atoms with Gasteiger partial charge in [-0.15, -0.1) is 0 Å². The van der Waals surface area contributed by atoms with Crippen LogP contribution < -0.4 is 5.32 Å². The number of rotatable bonds is 4.